The molecule has 16 nitrogen and oxygen atoms in total. The molecule has 0 spiro atoms. The maximum Gasteiger partial charge on any atom is 0.407 e. The molecule has 4 aromatic rings. The lowest BCUT2D eigenvalue weighted by molar-refractivity contribution is -0.144. The van der Waals surface area contributed by atoms with Crippen molar-refractivity contribution in [2.75, 3.05) is 33.3 Å². The van der Waals surface area contributed by atoms with E-state index in [0.29, 0.717) is 25.8 Å². The maximum absolute atomic E-state index is 15.6. The van der Waals surface area contributed by atoms with Crippen LogP contribution in [-0.2, 0) is 51.1 Å². The first kappa shape index (κ1) is 64.8. The van der Waals surface area contributed by atoms with Gasteiger partial charge in [0.25, 0.3) is 8.32 Å². The van der Waals surface area contributed by atoms with E-state index in [-0.39, 0.29) is 44.1 Å². The van der Waals surface area contributed by atoms with Crippen LogP contribution in [0.4, 0.5) is 4.79 Å². The van der Waals surface area contributed by atoms with E-state index in [1.165, 1.54) is 4.90 Å². The van der Waals surface area contributed by atoms with Gasteiger partial charge in [-0.2, -0.15) is 0 Å². The lowest BCUT2D eigenvalue weighted by Crippen LogP contribution is -2.68. The fourth-order valence-electron chi connectivity index (χ4n) is 11.5. The Morgan fingerprint density at radius 2 is 1.27 bits per heavy atom. The number of carbonyl (C=O) groups is 6. The molecular weight excluding hydrogens is 1050 g/mol. The molecule has 1 saturated carbocycles. The van der Waals surface area contributed by atoms with Gasteiger partial charge >= 0.3 is 6.09 Å². The normalized spacial score (nSPS) is 22.0. The Hall–Kier alpha value is -6.40. The summed E-state index contributed by atoms with van der Waals surface area (Å²) in [6.07, 6.45) is 6.12. The number of benzene rings is 4. The molecule has 0 bridgehead atoms. The van der Waals surface area contributed by atoms with Gasteiger partial charge in [0.15, 0.2) is 0 Å². The first-order valence-corrected chi connectivity index (χ1v) is 31.8. The fourth-order valence-corrected chi connectivity index (χ4v) is 16.1. The Balaban J connectivity index is 1.48. The molecule has 0 aromatic heterocycles. The molecule has 0 unspecified atom stereocenters. The zero-order chi connectivity index (χ0) is 59.2. The SMILES string of the molecule is CCCCCCN1C[C@@H](CO[Si](c2ccccc2)(c2ccccc2)C(C)(C)C)NC(=O)[C@H]([C@H](C)OCc2ccccc2)NC(=O)[C@H](CNC(=O)OCc2ccccc2)NC(=O)[C@H](C2CCCCC2)NC(=O)[C@H](CC(C)C)N(C)C(=O)[C@@H]1C. The quantitative estimate of drug-likeness (QED) is 0.0406. The number of alkyl carbamates (subject to hydrolysis) is 1. The molecule has 1 aliphatic heterocycles. The molecule has 82 heavy (non-hydrogen) atoms. The van der Waals surface area contributed by atoms with Crippen LogP contribution >= 0.6 is 0 Å². The standard InChI is InChI=1S/C65H93N7O9Si/c1-10-11-12-28-39-72-42-52(45-81-82(65(6,7)8,53-35-24-16-25-36-53)54-37-26-17-27-38-54)67-61(75)57(48(5)79-43-49-29-18-13-19-30-49)69-59(73)55(41-66-64(78)80-44-50-31-20-14-21-32-50)68-62(76)58(51-33-22-15-23-34-51)70-60(74)56(40-46(2)3)71(9)63(77)47(72)4/h13-14,16-21,24-27,29-32,35-38,46-48,51-52,55-58H,10-12,15,22-23,28,33-34,39-45H2,1-9H3,(H,66,78)(H,67,75)(H,68,76)(H,69,73)(H,70,74)/t47-,48-,52-,55-,56-,57-,58-/m0/s1. The predicted octanol–water partition coefficient (Wildman–Crippen LogP) is 7.77. The molecule has 5 N–H and O–H groups in total. The third-order valence-corrected chi connectivity index (χ3v) is 21.1. The maximum atomic E-state index is 15.6. The molecule has 2 aliphatic rings. The number of nitrogens with zero attached hydrogens (tertiary/aromatic N) is 2. The minimum Gasteiger partial charge on any atom is -0.445 e. The molecule has 1 saturated heterocycles. The van der Waals surface area contributed by atoms with Crippen LogP contribution in [0.3, 0.4) is 0 Å². The molecule has 1 heterocycles. The van der Waals surface area contributed by atoms with Gasteiger partial charge < -0.3 is 45.4 Å². The lowest BCUT2D eigenvalue weighted by atomic mass is 9.83. The Kier molecular flexibility index (Phi) is 25.2. The predicted molar refractivity (Wildman–Crippen MR) is 324 cm³/mol. The van der Waals surface area contributed by atoms with Crippen LogP contribution < -0.4 is 37.0 Å². The van der Waals surface area contributed by atoms with Crippen molar-refractivity contribution >= 4 is 54.3 Å². The van der Waals surface area contributed by atoms with Crippen LogP contribution in [0.15, 0.2) is 121 Å². The van der Waals surface area contributed by atoms with Crippen LogP contribution in [0, 0.1) is 11.8 Å². The van der Waals surface area contributed by atoms with Gasteiger partial charge in [-0.1, -0.05) is 201 Å². The van der Waals surface area contributed by atoms with E-state index < -0.39 is 92.0 Å². The Morgan fingerprint density at radius 3 is 1.83 bits per heavy atom. The number of hydrogen-bond donors (Lipinski definition) is 5. The molecule has 6 rings (SSSR count). The van der Waals surface area contributed by atoms with Gasteiger partial charge in [0.05, 0.1) is 37.9 Å². The summed E-state index contributed by atoms with van der Waals surface area (Å²) in [5.41, 5.74) is 1.59. The van der Waals surface area contributed by atoms with E-state index in [1.807, 2.05) is 118 Å². The summed E-state index contributed by atoms with van der Waals surface area (Å²) in [5, 5.41) is 16.6. The highest BCUT2D eigenvalue weighted by Crippen LogP contribution is 2.37. The van der Waals surface area contributed by atoms with Gasteiger partial charge in [-0.05, 0) is 84.4 Å². The highest BCUT2D eigenvalue weighted by molar-refractivity contribution is 6.99. The van der Waals surface area contributed by atoms with Gasteiger partial charge in [0.2, 0.25) is 29.5 Å². The summed E-state index contributed by atoms with van der Waals surface area (Å²) in [4.78, 5) is 93.2. The molecule has 1 aliphatic carbocycles. The molecule has 17 heteroatoms. The van der Waals surface area contributed by atoms with Crippen molar-refractivity contribution in [3.63, 3.8) is 0 Å². The third-order valence-electron chi connectivity index (χ3n) is 16.1. The summed E-state index contributed by atoms with van der Waals surface area (Å²) in [7, 11) is -1.58. The van der Waals surface area contributed by atoms with Crippen LogP contribution in [0.2, 0.25) is 5.04 Å². The van der Waals surface area contributed by atoms with Crippen molar-refractivity contribution in [2.24, 2.45) is 11.8 Å². The number of likely N-dealkylation sites (N-methyl/N-ethyl adjacent to an activating group) is 1. The fraction of sp³-hybridized carbons (Fsp3) is 0.538. The number of rotatable bonds is 21. The van der Waals surface area contributed by atoms with Crippen LogP contribution in [-0.4, -0.2) is 129 Å². The second-order valence-corrected chi connectivity index (χ2v) is 28.2. The summed E-state index contributed by atoms with van der Waals surface area (Å²) in [6, 6.07) is 32.6. The summed E-state index contributed by atoms with van der Waals surface area (Å²) < 4.78 is 19.6. The summed E-state index contributed by atoms with van der Waals surface area (Å²) >= 11 is 0. The number of nitrogens with one attached hydrogen (secondary N) is 5. The number of amides is 6. The van der Waals surface area contributed by atoms with Crippen LogP contribution in [0.25, 0.3) is 0 Å². The average Bonchev–Trinajstić information content (AvgIpc) is 3.60. The van der Waals surface area contributed by atoms with E-state index in [2.05, 4.69) is 83.4 Å². The largest absolute Gasteiger partial charge is 0.445 e. The van der Waals surface area contributed by atoms with E-state index >= 15 is 24.0 Å². The third kappa shape index (κ3) is 18.3. The minimum atomic E-state index is -3.24. The second kappa shape index (κ2) is 31.9. The minimum absolute atomic E-state index is 0.00970. The first-order valence-electron chi connectivity index (χ1n) is 29.9. The summed E-state index contributed by atoms with van der Waals surface area (Å²) in [6.45, 7) is 16.5. The topological polar surface area (TPSA) is 197 Å². The second-order valence-electron chi connectivity index (χ2n) is 23.9. The molecular formula is C65H93N7O9Si. The Bertz CT molecular complexity index is 2580. The Morgan fingerprint density at radius 1 is 0.695 bits per heavy atom. The van der Waals surface area contributed by atoms with E-state index in [0.717, 1.165) is 66.4 Å². The zero-order valence-electron chi connectivity index (χ0n) is 50.1. The molecule has 6 amide bonds. The zero-order valence-corrected chi connectivity index (χ0v) is 51.1. The van der Waals surface area contributed by atoms with Crippen molar-refractivity contribution in [1.82, 2.24) is 36.4 Å². The highest BCUT2D eigenvalue weighted by atomic mass is 28.4. The van der Waals surface area contributed by atoms with Crippen molar-refractivity contribution in [3.8, 4) is 0 Å². The smallest absolute Gasteiger partial charge is 0.407 e. The van der Waals surface area contributed by atoms with Gasteiger partial charge in [0, 0.05) is 13.6 Å². The van der Waals surface area contributed by atoms with Crippen molar-refractivity contribution in [3.05, 3.63) is 132 Å². The molecule has 7 atom stereocenters. The van der Waals surface area contributed by atoms with Crippen molar-refractivity contribution in [1.29, 1.82) is 0 Å². The number of ether oxygens (including phenoxy) is 2. The van der Waals surface area contributed by atoms with E-state index in [9.17, 15) is 4.79 Å². The van der Waals surface area contributed by atoms with Crippen LogP contribution in [0.1, 0.15) is 131 Å². The van der Waals surface area contributed by atoms with Crippen molar-refractivity contribution in [2.45, 2.75) is 180 Å². The average molecular weight is 1140 g/mol. The monoisotopic (exact) mass is 1140 g/mol. The summed E-state index contributed by atoms with van der Waals surface area (Å²) in [5.74, 6) is -3.07. The highest BCUT2D eigenvalue weighted by Gasteiger charge is 2.51. The van der Waals surface area contributed by atoms with E-state index in [1.54, 1.807) is 14.0 Å². The lowest BCUT2D eigenvalue weighted by Gasteiger charge is -2.44. The van der Waals surface area contributed by atoms with Gasteiger partial charge in [-0.3, -0.25) is 28.9 Å². The van der Waals surface area contributed by atoms with E-state index in [4.69, 9.17) is 13.9 Å². The molecule has 2 fully saturated rings. The first-order chi connectivity index (χ1) is 39.3. The Labute approximate surface area is 489 Å². The number of unbranched alkanes of at least 4 members (excludes halogenated alkanes) is 3. The molecule has 446 valence electrons. The number of carbonyl (C=O) groups excluding carboxylic acids is 6. The van der Waals surface area contributed by atoms with Crippen LogP contribution in [0.5, 0.6) is 0 Å². The van der Waals surface area contributed by atoms with Crippen molar-refractivity contribution < 1.29 is 42.7 Å². The van der Waals surface area contributed by atoms with Gasteiger partial charge in [-0.15, -0.1) is 0 Å². The molecule has 4 aromatic carbocycles. The van der Waals surface area contributed by atoms with Gasteiger partial charge in [-0.25, -0.2) is 4.79 Å². The molecule has 0 radical (unpaired) electrons. The van der Waals surface area contributed by atoms with Gasteiger partial charge in [0.1, 0.15) is 30.8 Å². The number of hydrogen-bond acceptors (Lipinski definition) is 10.